The average Bonchev–Trinajstić information content (AvgIpc) is 1.88. The Morgan fingerprint density at radius 1 is 1.60 bits per heavy atom. The van der Waals surface area contributed by atoms with Crippen molar-refractivity contribution in [3.63, 3.8) is 0 Å². The van der Waals surface area contributed by atoms with Crippen LogP contribution in [0.25, 0.3) is 0 Å². The summed E-state index contributed by atoms with van der Waals surface area (Å²) in [5.74, 6) is 0.0309. The van der Waals surface area contributed by atoms with E-state index in [1.165, 1.54) is 6.20 Å². The predicted molar refractivity (Wildman–Crippen MR) is 37.1 cm³/mol. The molecular weight excluding hydrogens is 150 g/mol. The first kappa shape index (κ1) is 7.21. The number of rotatable bonds is 2. The van der Waals surface area contributed by atoms with Crippen molar-refractivity contribution in [1.82, 2.24) is 4.98 Å². The van der Waals surface area contributed by atoms with Gasteiger partial charge in [0.2, 0.25) is 0 Å². The molecule has 53 valence electrons. The zero-order chi connectivity index (χ0) is 7.40. The van der Waals surface area contributed by atoms with Crippen molar-refractivity contribution in [3.05, 3.63) is 30.1 Å². The van der Waals surface area contributed by atoms with E-state index in [-0.39, 0.29) is 5.75 Å². The van der Waals surface area contributed by atoms with Gasteiger partial charge in [0, 0.05) is 12.4 Å². The van der Waals surface area contributed by atoms with Crippen molar-refractivity contribution in [2.75, 3.05) is 0 Å². The number of nitrogens with zero attached hydrogens (tertiary/aromatic N) is 1. The van der Waals surface area contributed by atoms with Crippen molar-refractivity contribution in [3.8, 4) is 0 Å². The minimum absolute atomic E-state index is 0.0309. The second kappa shape index (κ2) is 3.31. The molecule has 0 aliphatic rings. The van der Waals surface area contributed by atoms with Crippen molar-refractivity contribution in [2.45, 2.75) is 5.75 Å². The van der Waals surface area contributed by atoms with E-state index >= 15 is 0 Å². The molecule has 0 aromatic carbocycles. The molecule has 0 N–H and O–H groups in total. The van der Waals surface area contributed by atoms with Gasteiger partial charge in [-0.05, 0) is 17.7 Å². The molecule has 0 amide bonds. The van der Waals surface area contributed by atoms with Gasteiger partial charge in [-0.25, -0.2) is 8.42 Å². The molecular formula is C6H6NO2S. The number of hydrogen-bond donors (Lipinski definition) is 1. The molecule has 0 saturated carbocycles. The van der Waals surface area contributed by atoms with Crippen LogP contribution >= 0.6 is 0 Å². The lowest BCUT2D eigenvalue weighted by atomic mass is 10.3. The summed E-state index contributed by atoms with van der Waals surface area (Å²) < 4.78 is 20.3. The summed E-state index contributed by atoms with van der Waals surface area (Å²) in [4.78, 5) is 3.74. The number of aromatic nitrogens is 1. The van der Waals surface area contributed by atoms with Gasteiger partial charge in [-0.2, -0.15) is 0 Å². The van der Waals surface area contributed by atoms with E-state index in [2.05, 4.69) is 11.1 Å². The average molecular weight is 156 g/mol. The van der Waals surface area contributed by atoms with Crippen LogP contribution in [0.5, 0.6) is 0 Å². The Balaban J connectivity index is 2.77. The second-order valence-corrected chi connectivity index (χ2v) is 2.74. The van der Waals surface area contributed by atoms with Gasteiger partial charge in [0.1, 0.15) is 10.7 Å². The Kier molecular flexibility index (Phi) is 2.39. The second-order valence-electron chi connectivity index (χ2n) is 1.75. The van der Waals surface area contributed by atoms with Gasteiger partial charge in [-0.1, -0.05) is 0 Å². The van der Waals surface area contributed by atoms with E-state index in [9.17, 15) is 8.42 Å². The highest BCUT2D eigenvalue weighted by Crippen LogP contribution is 1.94. The Morgan fingerprint density at radius 3 is 2.90 bits per heavy atom. The molecule has 0 spiro atoms. The highest BCUT2D eigenvalue weighted by Gasteiger charge is 1.91. The summed E-state index contributed by atoms with van der Waals surface area (Å²) in [5, 5.41) is 0. The van der Waals surface area contributed by atoms with Crippen molar-refractivity contribution < 1.29 is 8.42 Å². The SMILES string of the molecule is O=[SH](=O)Cc1[c]ccnc1. The first-order valence-electron chi connectivity index (χ1n) is 2.71. The molecule has 0 saturated heterocycles. The van der Waals surface area contributed by atoms with Gasteiger partial charge < -0.3 is 0 Å². The zero-order valence-corrected chi connectivity index (χ0v) is 6.04. The molecule has 0 fully saturated rings. The fourth-order valence-corrected chi connectivity index (χ4v) is 1.03. The minimum atomic E-state index is -2.35. The Morgan fingerprint density at radius 2 is 2.40 bits per heavy atom. The summed E-state index contributed by atoms with van der Waals surface area (Å²) in [6.45, 7) is 0. The van der Waals surface area contributed by atoms with Crippen molar-refractivity contribution in [2.24, 2.45) is 0 Å². The van der Waals surface area contributed by atoms with Gasteiger partial charge in [-0.3, -0.25) is 4.98 Å². The molecule has 1 rings (SSSR count). The van der Waals surface area contributed by atoms with Crippen LogP contribution in [0, 0.1) is 6.07 Å². The summed E-state index contributed by atoms with van der Waals surface area (Å²) in [7, 11) is -2.35. The maximum atomic E-state index is 10.2. The lowest BCUT2D eigenvalue weighted by Crippen LogP contribution is -1.86. The van der Waals surface area contributed by atoms with E-state index in [0.717, 1.165) is 0 Å². The number of thiol groups is 1. The van der Waals surface area contributed by atoms with Crippen LogP contribution in [0.4, 0.5) is 0 Å². The molecule has 0 aliphatic carbocycles. The van der Waals surface area contributed by atoms with Crippen molar-refractivity contribution >= 4 is 10.7 Å². The van der Waals surface area contributed by atoms with E-state index in [4.69, 9.17) is 0 Å². The molecule has 1 aromatic rings. The molecule has 1 heterocycles. The number of hydrogen-bond acceptors (Lipinski definition) is 3. The zero-order valence-electron chi connectivity index (χ0n) is 5.15. The monoisotopic (exact) mass is 156 g/mol. The van der Waals surface area contributed by atoms with E-state index < -0.39 is 10.7 Å². The third-order valence-electron chi connectivity index (χ3n) is 0.959. The third kappa shape index (κ3) is 2.14. The fourth-order valence-electron chi connectivity index (χ4n) is 0.583. The van der Waals surface area contributed by atoms with Crippen LogP contribution in [-0.4, -0.2) is 13.4 Å². The molecule has 3 nitrogen and oxygen atoms in total. The van der Waals surface area contributed by atoms with Crippen molar-refractivity contribution in [1.29, 1.82) is 0 Å². The van der Waals surface area contributed by atoms with Crippen LogP contribution < -0.4 is 0 Å². The van der Waals surface area contributed by atoms with Gasteiger partial charge in [0.05, 0.1) is 5.75 Å². The topological polar surface area (TPSA) is 47.0 Å². The molecule has 0 unspecified atom stereocenters. The Labute approximate surface area is 60.7 Å². The quantitative estimate of drug-likeness (QED) is 0.613. The largest absolute Gasteiger partial charge is 0.264 e. The number of pyridine rings is 1. The minimum Gasteiger partial charge on any atom is -0.264 e. The first-order valence-corrected chi connectivity index (χ1v) is 4.07. The highest BCUT2D eigenvalue weighted by atomic mass is 32.2. The molecule has 0 aliphatic heterocycles. The molecule has 1 aromatic heterocycles. The first-order chi connectivity index (χ1) is 4.79. The van der Waals surface area contributed by atoms with E-state index in [1.807, 2.05) is 0 Å². The van der Waals surface area contributed by atoms with Crippen LogP contribution in [0.1, 0.15) is 5.56 Å². The van der Waals surface area contributed by atoms with Gasteiger partial charge in [0.25, 0.3) is 0 Å². The lowest BCUT2D eigenvalue weighted by Gasteiger charge is -1.88. The molecule has 10 heavy (non-hydrogen) atoms. The molecule has 4 heteroatoms. The van der Waals surface area contributed by atoms with Crippen LogP contribution in [-0.2, 0) is 16.5 Å². The fraction of sp³-hybridized carbons (Fsp3) is 0.167. The normalized spacial score (nSPS) is 10.1. The summed E-state index contributed by atoms with van der Waals surface area (Å²) >= 11 is 0. The smallest absolute Gasteiger partial charge is 0.144 e. The molecule has 0 atom stereocenters. The lowest BCUT2D eigenvalue weighted by molar-refractivity contribution is 0.614. The van der Waals surface area contributed by atoms with Crippen LogP contribution in [0.15, 0.2) is 18.5 Å². The van der Waals surface area contributed by atoms with Crippen LogP contribution in [0.2, 0.25) is 0 Å². The Bertz CT molecular complexity index is 260. The summed E-state index contributed by atoms with van der Waals surface area (Å²) in [6.07, 6.45) is 3.05. The predicted octanol–water partition coefficient (Wildman–Crippen LogP) is -0.00681. The maximum Gasteiger partial charge on any atom is 0.144 e. The van der Waals surface area contributed by atoms with Crippen LogP contribution in [0.3, 0.4) is 0 Å². The van der Waals surface area contributed by atoms with Gasteiger partial charge >= 0.3 is 0 Å². The molecule has 0 bridgehead atoms. The standard InChI is InChI=1S/C6H6NO2S/c8-10(9)5-6-2-1-3-7-4-6/h1,3-4,10H,5H2. The third-order valence-corrected chi connectivity index (χ3v) is 1.56. The van der Waals surface area contributed by atoms with Gasteiger partial charge in [-0.15, -0.1) is 0 Å². The summed E-state index contributed by atoms with van der Waals surface area (Å²) in [5.41, 5.74) is 0.610. The Hall–Kier alpha value is -0.900. The van der Waals surface area contributed by atoms with E-state index in [0.29, 0.717) is 5.56 Å². The molecule has 1 radical (unpaired) electrons. The van der Waals surface area contributed by atoms with Gasteiger partial charge in [0.15, 0.2) is 0 Å². The maximum absolute atomic E-state index is 10.2. The summed E-state index contributed by atoms with van der Waals surface area (Å²) in [6, 6.07) is 4.34. The van der Waals surface area contributed by atoms with E-state index in [1.54, 1.807) is 12.3 Å². The highest BCUT2D eigenvalue weighted by molar-refractivity contribution is 7.71.